The van der Waals surface area contributed by atoms with Gasteiger partial charge in [0.1, 0.15) is 11.2 Å². The molecule has 0 saturated carbocycles. The summed E-state index contributed by atoms with van der Waals surface area (Å²) in [6.45, 7) is 0. The van der Waals surface area contributed by atoms with Crippen LogP contribution in [-0.4, -0.2) is 5.11 Å². The Hall–Kier alpha value is -0.0800. The number of hydrogen-bond acceptors (Lipinski definition) is 3. The number of phenols is 1. The number of halogens is 3. The van der Waals surface area contributed by atoms with Gasteiger partial charge in [0, 0.05) is 4.47 Å². The molecule has 6 heteroatoms. The van der Waals surface area contributed by atoms with Crippen molar-refractivity contribution in [1.29, 1.82) is 5.26 Å². The zero-order chi connectivity index (χ0) is 10.0. The van der Waals surface area contributed by atoms with Crippen LogP contribution in [0.25, 0.3) is 0 Å². The van der Waals surface area contributed by atoms with Crippen molar-refractivity contribution in [2.45, 2.75) is 4.90 Å². The third-order valence-electron chi connectivity index (χ3n) is 1.25. The Morgan fingerprint density at radius 2 is 2.15 bits per heavy atom. The van der Waals surface area contributed by atoms with Gasteiger partial charge in [0.05, 0.1) is 14.9 Å². The molecule has 1 aromatic rings. The van der Waals surface area contributed by atoms with Crippen LogP contribution in [0.15, 0.2) is 15.4 Å². The van der Waals surface area contributed by atoms with Gasteiger partial charge in [-0.3, -0.25) is 0 Å². The number of nitriles is 1. The number of aromatic hydroxyl groups is 1. The largest absolute Gasteiger partial charge is 0.505 e. The molecule has 0 atom stereocenters. The highest BCUT2D eigenvalue weighted by Crippen LogP contribution is 2.43. The van der Waals surface area contributed by atoms with E-state index in [1.807, 2.05) is 5.40 Å². The van der Waals surface area contributed by atoms with Gasteiger partial charge in [-0.1, -0.05) is 23.2 Å². The summed E-state index contributed by atoms with van der Waals surface area (Å²) >= 11 is 15.4. The van der Waals surface area contributed by atoms with Crippen LogP contribution in [-0.2, 0) is 0 Å². The second kappa shape index (κ2) is 4.43. The molecule has 0 fully saturated rings. The molecule has 2 nitrogen and oxygen atoms in total. The fraction of sp³-hybridized carbons (Fsp3) is 0. The average Bonchev–Trinajstić information content (AvgIpc) is 2.09. The molecule has 0 aliphatic heterocycles. The van der Waals surface area contributed by atoms with Crippen LogP contribution in [0, 0.1) is 10.7 Å². The standard InChI is InChI=1S/C7H2BrCl2NOS/c8-3-1-4(9)6(12)7(5(3)10)13-2-11/h1,12H. The summed E-state index contributed by atoms with van der Waals surface area (Å²) in [5.74, 6) is -0.165. The fourth-order valence-electron chi connectivity index (χ4n) is 0.703. The molecule has 1 aromatic carbocycles. The smallest absolute Gasteiger partial charge is 0.150 e. The highest BCUT2D eigenvalue weighted by Gasteiger charge is 2.14. The Balaban J connectivity index is 3.39. The van der Waals surface area contributed by atoms with Crippen molar-refractivity contribution in [2.75, 3.05) is 0 Å². The molecule has 0 saturated heterocycles. The molecular weight excluding hydrogens is 297 g/mol. The van der Waals surface area contributed by atoms with Crippen LogP contribution in [0.5, 0.6) is 5.75 Å². The van der Waals surface area contributed by atoms with E-state index in [4.69, 9.17) is 28.5 Å². The Labute approximate surface area is 97.6 Å². The minimum Gasteiger partial charge on any atom is -0.505 e. The van der Waals surface area contributed by atoms with Crippen LogP contribution in [0.3, 0.4) is 0 Å². The second-order valence-electron chi connectivity index (χ2n) is 2.03. The number of hydrogen-bond donors (Lipinski definition) is 1. The number of thioether (sulfide) groups is 1. The van der Waals surface area contributed by atoms with E-state index in [2.05, 4.69) is 15.9 Å². The average molecular weight is 299 g/mol. The van der Waals surface area contributed by atoms with Crippen molar-refractivity contribution < 1.29 is 5.11 Å². The lowest BCUT2D eigenvalue weighted by atomic mass is 10.3. The Bertz CT molecular complexity index is 365. The molecule has 0 spiro atoms. The molecule has 0 aliphatic rings. The molecule has 13 heavy (non-hydrogen) atoms. The number of rotatable bonds is 1. The second-order valence-corrected chi connectivity index (χ2v) is 4.46. The summed E-state index contributed by atoms with van der Waals surface area (Å²) in [6.07, 6.45) is 0. The Kier molecular flexibility index (Phi) is 3.74. The molecule has 0 amide bonds. The summed E-state index contributed by atoms with van der Waals surface area (Å²) in [4.78, 5) is 0.267. The van der Waals surface area contributed by atoms with Gasteiger partial charge in [0.25, 0.3) is 0 Å². The van der Waals surface area contributed by atoms with Gasteiger partial charge in [-0.05, 0) is 33.8 Å². The summed E-state index contributed by atoms with van der Waals surface area (Å²) in [5.41, 5.74) is 0. The first-order valence-electron chi connectivity index (χ1n) is 3.00. The predicted octanol–water partition coefficient (Wildman–Crippen LogP) is 4.03. The number of benzene rings is 1. The lowest BCUT2D eigenvalue weighted by molar-refractivity contribution is 0.463. The van der Waals surface area contributed by atoms with Gasteiger partial charge in [-0.15, -0.1) is 0 Å². The third-order valence-corrected chi connectivity index (χ3v) is 3.59. The molecule has 0 bridgehead atoms. The maximum absolute atomic E-state index is 9.42. The zero-order valence-corrected chi connectivity index (χ0v) is 9.93. The van der Waals surface area contributed by atoms with E-state index < -0.39 is 0 Å². The molecule has 0 aliphatic carbocycles. The van der Waals surface area contributed by atoms with Gasteiger partial charge >= 0.3 is 0 Å². The summed E-state index contributed by atoms with van der Waals surface area (Å²) < 4.78 is 0.551. The molecule has 0 aromatic heterocycles. The van der Waals surface area contributed by atoms with Crippen molar-refractivity contribution in [2.24, 2.45) is 0 Å². The Morgan fingerprint density at radius 1 is 1.54 bits per heavy atom. The predicted molar refractivity (Wildman–Crippen MR) is 57.3 cm³/mol. The monoisotopic (exact) mass is 297 g/mol. The van der Waals surface area contributed by atoms with Crippen LogP contribution >= 0.6 is 50.9 Å². The SMILES string of the molecule is N#CSc1c(O)c(Cl)cc(Br)c1Cl. The van der Waals surface area contributed by atoms with E-state index in [1.54, 1.807) is 0 Å². The van der Waals surface area contributed by atoms with E-state index in [0.717, 1.165) is 11.8 Å². The van der Waals surface area contributed by atoms with Crippen molar-refractivity contribution in [3.8, 4) is 11.2 Å². The maximum atomic E-state index is 9.42. The summed E-state index contributed by atoms with van der Waals surface area (Å²) in [5, 5.41) is 20.1. The third kappa shape index (κ3) is 2.23. The van der Waals surface area contributed by atoms with Crippen molar-refractivity contribution in [3.05, 3.63) is 20.6 Å². The number of nitrogens with zero attached hydrogens (tertiary/aromatic N) is 1. The highest BCUT2D eigenvalue weighted by molar-refractivity contribution is 9.10. The Morgan fingerprint density at radius 3 is 2.69 bits per heavy atom. The highest BCUT2D eigenvalue weighted by atomic mass is 79.9. The first-order chi connectivity index (χ1) is 6.07. The molecule has 0 unspecified atom stereocenters. The van der Waals surface area contributed by atoms with Crippen LogP contribution in [0.4, 0.5) is 0 Å². The number of thiocyanates is 1. The molecular formula is C7H2BrCl2NOS. The van der Waals surface area contributed by atoms with E-state index in [1.165, 1.54) is 6.07 Å². The first-order valence-corrected chi connectivity index (χ1v) is 5.37. The van der Waals surface area contributed by atoms with Crippen molar-refractivity contribution in [1.82, 2.24) is 0 Å². The van der Waals surface area contributed by atoms with Crippen molar-refractivity contribution >= 4 is 50.9 Å². The molecule has 1 N–H and O–H groups in total. The summed E-state index contributed by atoms with van der Waals surface area (Å²) in [6, 6.07) is 1.47. The van der Waals surface area contributed by atoms with Gasteiger partial charge in [0.15, 0.2) is 0 Å². The topological polar surface area (TPSA) is 44.0 Å². The quantitative estimate of drug-likeness (QED) is 0.483. The summed E-state index contributed by atoms with van der Waals surface area (Å²) in [7, 11) is 0. The van der Waals surface area contributed by atoms with Gasteiger partial charge in [-0.2, -0.15) is 5.26 Å². The minimum absolute atomic E-state index is 0.161. The van der Waals surface area contributed by atoms with Gasteiger partial charge in [-0.25, -0.2) is 0 Å². The van der Waals surface area contributed by atoms with E-state index in [-0.39, 0.29) is 20.7 Å². The first kappa shape index (κ1) is 11.0. The van der Waals surface area contributed by atoms with Crippen LogP contribution < -0.4 is 0 Å². The minimum atomic E-state index is -0.165. The lowest BCUT2D eigenvalue weighted by Gasteiger charge is -2.05. The molecule has 0 radical (unpaired) electrons. The fourth-order valence-corrected chi connectivity index (χ4v) is 2.41. The lowest BCUT2D eigenvalue weighted by Crippen LogP contribution is -1.79. The van der Waals surface area contributed by atoms with Crippen LogP contribution in [0.1, 0.15) is 0 Å². The normalized spacial score (nSPS) is 9.69. The zero-order valence-electron chi connectivity index (χ0n) is 6.01. The maximum Gasteiger partial charge on any atom is 0.150 e. The van der Waals surface area contributed by atoms with Crippen molar-refractivity contribution in [3.63, 3.8) is 0 Å². The van der Waals surface area contributed by atoms with E-state index >= 15 is 0 Å². The van der Waals surface area contributed by atoms with E-state index in [9.17, 15) is 5.11 Å². The van der Waals surface area contributed by atoms with Crippen LogP contribution in [0.2, 0.25) is 10.0 Å². The van der Waals surface area contributed by atoms with Gasteiger partial charge < -0.3 is 5.11 Å². The molecule has 68 valence electrons. The van der Waals surface area contributed by atoms with Gasteiger partial charge in [0.2, 0.25) is 0 Å². The molecule has 0 heterocycles. The number of phenolic OH excluding ortho intramolecular Hbond substituents is 1. The van der Waals surface area contributed by atoms with E-state index in [0.29, 0.717) is 4.47 Å². The molecule has 1 rings (SSSR count).